The molecule has 0 aromatic heterocycles. The normalized spacial score (nSPS) is 12.5. The van der Waals surface area contributed by atoms with E-state index in [1.54, 1.807) is 30.3 Å². The van der Waals surface area contributed by atoms with E-state index in [1.807, 2.05) is 24.3 Å². The van der Waals surface area contributed by atoms with Crippen LogP contribution < -0.4 is 26.2 Å². The Kier molecular flexibility index (Phi) is 7.99. The number of amides is 3. The standard InChI is InChI=1S/C24H20Br2N4O4S/c25-16-6-9-18-15(11-16)5-10-19(21(18)26)34-12-20(31)28-24(35)30-29-23(33)14-3-7-17(8-4-14)27-22(32)13-1-2-13/h3-11,13H,1-2,12H2,(H,27,32)(H,29,33)(H2,28,30,31,35). The first kappa shape index (κ1) is 25.1. The molecule has 3 aromatic carbocycles. The molecule has 35 heavy (non-hydrogen) atoms. The van der Waals surface area contributed by atoms with Crippen molar-refractivity contribution in [3.8, 4) is 5.75 Å². The molecule has 11 heteroatoms. The molecule has 3 amide bonds. The molecule has 1 aliphatic rings. The lowest BCUT2D eigenvalue weighted by Crippen LogP contribution is -2.49. The predicted molar refractivity (Wildman–Crippen MR) is 144 cm³/mol. The molecule has 3 aromatic rings. The van der Waals surface area contributed by atoms with Crippen LogP contribution in [0.4, 0.5) is 5.69 Å². The van der Waals surface area contributed by atoms with Crippen LogP contribution in [0.1, 0.15) is 23.2 Å². The average Bonchev–Trinajstić information content (AvgIpc) is 3.68. The molecular formula is C24H20Br2N4O4S. The third-order valence-electron chi connectivity index (χ3n) is 5.14. The monoisotopic (exact) mass is 618 g/mol. The maximum absolute atomic E-state index is 12.3. The minimum atomic E-state index is -0.490. The van der Waals surface area contributed by atoms with Crippen molar-refractivity contribution in [2.75, 3.05) is 11.9 Å². The summed E-state index contributed by atoms with van der Waals surface area (Å²) >= 11 is 12.0. The highest BCUT2D eigenvalue weighted by Crippen LogP contribution is 2.34. The number of nitrogens with one attached hydrogen (secondary N) is 4. The van der Waals surface area contributed by atoms with Crippen molar-refractivity contribution < 1.29 is 19.1 Å². The van der Waals surface area contributed by atoms with Gasteiger partial charge in [0.05, 0.1) is 4.47 Å². The highest BCUT2D eigenvalue weighted by Gasteiger charge is 2.29. The number of ether oxygens (including phenoxy) is 1. The molecule has 0 radical (unpaired) electrons. The molecule has 4 rings (SSSR count). The highest BCUT2D eigenvalue weighted by atomic mass is 79.9. The van der Waals surface area contributed by atoms with Gasteiger partial charge in [0.15, 0.2) is 11.7 Å². The fourth-order valence-electron chi connectivity index (χ4n) is 3.17. The summed E-state index contributed by atoms with van der Waals surface area (Å²) in [7, 11) is 0. The van der Waals surface area contributed by atoms with Gasteiger partial charge >= 0.3 is 0 Å². The maximum atomic E-state index is 12.3. The van der Waals surface area contributed by atoms with Crippen LogP contribution in [0, 0.1) is 5.92 Å². The van der Waals surface area contributed by atoms with Gasteiger partial charge in [-0.3, -0.25) is 30.6 Å². The van der Waals surface area contributed by atoms with Crippen molar-refractivity contribution in [3.05, 3.63) is 69.1 Å². The Bertz CT molecular complexity index is 1310. The smallest absolute Gasteiger partial charge is 0.269 e. The summed E-state index contributed by atoms with van der Waals surface area (Å²) in [4.78, 5) is 36.3. The van der Waals surface area contributed by atoms with Crippen molar-refractivity contribution in [1.82, 2.24) is 16.2 Å². The molecule has 4 N–H and O–H groups in total. The van der Waals surface area contributed by atoms with Gasteiger partial charge in [0, 0.05) is 21.6 Å². The maximum Gasteiger partial charge on any atom is 0.269 e. The van der Waals surface area contributed by atoms with Gasteiger partial charge < -0.3 is 10.1 Å². The molecule has 0 spiro atoms. The van der Waals surface area contributed by atoms with Gasteiger partial charge in [-0.2, -0.15) is 0 Å². The van der Waals surface area contributed by atoms with Gasteiger partial charge in [-0.05, 0) is 94.2 Å². The van der Waals surface area contributed by atoms with Crippen molar-refractivity contribution in [2.24, 2.45) is 5.92 Å². The van der Waals surface area contributed by atoms with E-state index in [9.17, 15) is 14.4 Å². The Morgan fingerprint density at radius 1 is 0.971 bits per heavy atom. The molecule has 0 heterocycles. The number of rotatable bonds is 6. The highest BCUT2D eigenvalue weighted by molar-refractivity contribution is 9.11. The average molecular weight is 620 g/mol. The predicted octanol–water partition coefficient (Wildman–Crippen LogP) is 4.43. The summed E-state index contributed by atoms with van der Waals surface area (Å²) in [6.07, 6.45) is 1.83. The van der Waals surface area contributed by atoms with E-state index in [-0.39, 0.29) is 23.5 Å². The van der Waals surface area contributed by atoms with E-state index in [0.29, 0.717) is 17.0 Å². The number of fused-ring (bicyclic) bond motifs is 1. The molecule has 1 saturated carbocycles. The van der Waals surface area contributed by atoms with Crippen LogP contribution in [0.5, 0.6) is 5.75 Å². The van der Waals surface area contributed by atoms with Crippen molar-refractivity contribution in [3.63, 3.8) is 0 Å². The van der Waals surface area contributed by atoms with Gasteiger partial charge in [-0.1, -0.05) is 28.1 Å². The van der Waals surface area contributed by atoms with Crippen molar-refractivity contribution >= 4 is 83.4 Å². The van der Waals surface area contributed by atoms with Crippen molar-refractivity contribution in [1.29, 1.82) is 0 Å². The van der Waals surface area contributed by atoms with Crippen LogP contribution in [0.2, 0.25) is 0 Å². The Morgan fingerprint density at radius 3 is 2.43 bits per heavy atom. The largest absolute Gasteiger partial charge is 0.483 e. The Morgan fingerprint density at radius 2 is 1.71 bits per heavy atom. The zero-order valence-electron chi connectivity index (χ0n) is 18.2. The lowest BCUT2D eigenvalue weighted by Gasteiger charge is -2.13. The lowest BCUT2D eigenvalue weighted by molar-refractivity contribution is -0.121. The first-order valence-corrected chi connectivity index (χ1v) is 12.6. The second kappa shape index (κ2) is 11.1. The summed E-state index contributed by atoms with van der Waals surface area (Å²) in [5.74, 6) is -0.338. The van der Waals surface area contributed by atoms with Gasteiger partial charge in [0.2, 0.25) is 5.91 Å². The number of benzene rings is 3. The van der Waals surface area contributed by atoms with Gasteiger partial charge in [-0.25, -0.2) is 0 Å². The third-order valence-corrected chi connectivity index (χ3v) is 6.66. The summed E-state index contributed by atoms with van der Waals surface area (Å²) in [6, 6.07) is 16.0. The molecule has 180 valence electrons. The number of carbonyl (C=O) groups is 3. The summed E-state index contributed by atoms with van der Waals surface area (Å²) in [6.45, 7) is -0.273. The molecule has 1 aliphatic carbocycles. The molecule has 1 fully saturated rings. The van der Waals surface area contributed by atoms with Gasteiger partial charge in [0.1, 0.15) is 5.75 Å². The molecule has 0 aliphatic heterocycles. The number of halogens is 2. The second-order valence-electron chi connectivity index (χ2n) is 7.83. The lowest BCUT2D eigenvalue weighted by atomic mass is 10.1. The zero-order chi connectivity index (χ0) is 24.9. The van der Waals surface area contributed by atoms with Crippen LogP contribution in [-0.2, 0) is 9.59 Å². The SMILES string of the molecule is O=C(COc1ccc2cc(Br)ccc2c1Br)NC(=S)NNC(=O)c1ccc(NC(=O)C2CC2)cc1. The molecule has 0 bridgehead atoms. The molecule has 0 saturated heterocycles. The first-order valence-electron chi connectivity index (χ1n) is 10.6. The quantitative estimate of drug-likeness (QED) is 0.240. The Balaban J connectivity index is 1.22. The van der Waals surface area contributed by atoms with E-state index in [2.05, 4.69) is 53.3 Å². The summed E-state index contributed by atoms with van der Waals surface area (Å²) in [5.41, 5.74) is 5.88. The minimum Gasteiger partial charge on any atom is -0.483 e. The van der Waals surface area contributed by atoms with E-state index in [1.165, 1.54) is 0 Å². The van der Waals surface area contributed by atoms with Crippen LogP contribution in [-0.4, -0.2) is 29.4 Å². The molecular weight excluding hydrogens is 600 g/mol. The van der Waals surface area contributed by atoms with E-state index >= 15 is 0 Å². The number of hydrogen-bond acceptors (Lipinski definition) is 5. The van der Waals surface area contributed by atoms with Crippen LogP contribution in [0.25, 0.3) is 10.8 Å². The van der Waals surface area contributed by atoms with E-state index < -0.39 is 11.8 Å². The van der Waals surface area contributed by atoms with Crippen LogP contribution >= 0.6 is 44.1 Å². The second-order valence-corrected chi connectivity index (χ2v) is 9.95. The molecule has 8 nitrogen and oxygen atoms in total. The van der Waals surface area contributed by atoms with E-state index in [0.717, 1.165) is 32.6 Å². The van der Waals surface area contributed by atoms with E-state index in [4.69, 9.17) is 17.0 Å². The molecule has 0 atom stereocenters. The topological polar surface area (TPSA) is 109 Å². The summed E-state index contributed by atoms with van der Waals surface area (Å²) < 4.78 is 7.32. The molecule has 0 unspecified atom stereocenters. The minimum absolute atomic E-state index is 0.00448. The Hall–Kier alpha value is -3.02. The number of thiocarbonyl (C=S) groups is 1. The Labute approximate surface area is 223 Å². The zero-order valence-corrected chi connectivity index (χ0v) is 22.2. The number of carbonyl (C=O) groups excluding carboxylic acids is 3. The van der Waals surface area contributed by atoms with Crippen LogP contribution in [0.15, 0.2) is 63.5 Å². The fourth-order valence-corrected chi connectivity index (χ4v) is 4.32. The summed E-state index contributed by atoms with van der Waals surface area (Å²) in [5, 5.41) is 7.13. The first-order chi connectivity index (χ1) is 16.8. The third kappa shape index (κ3) is 6.77. The van der Waals surface area contributed by atoms with Gasteiger partial charge in [0.25, 0.3) is 11.8 Å². The number of hydrazine groups is 1. The number of hydrogen-bond donors (Lipinski definition) is 4. The fraction of sp³-hybridized carbons (Fsp3) is 0.167. The number of anilines is 1. The van der Waals surface area contributed by atoms with Gasteiger partial charge in [-0.15, -0.1) is 0 Å². The van der Waals surface area contributed by atoms with Crippen LogP contribution in [0.3, 0.4) is 0 Å². The van der Waals surface area contributed by atoms with Crippen molar-refractivity contribution in [2.45, 2.75) is 12.8 Å².